The summed E-state index contributed by atoms with van der Waals surface area (Å²) in [5.41, 5.74) is 0.656. The van der Waals surface area contributed by atoms with Crippen LogP contribution in [0.15, 0.2) is 30.7 Å². The number of nitrogens with one attached hydrogen (secondary N) is 2. The van der Waals surface area contributed by atoms with Gasteiger partial charge in [0.25, 0.3) is 0 Å². The quantitative estimate of drug-likeness (QED) is 0.841. The van der Waals surface area contributed by atoms with E-state index >= 15 is 0 Å². The summed E-state index contributed by atoms with van der Waals surface area (Å²) < 4.78 is 5.31. The molecule has 0 saturated heterocycles. The van der Waals surface area contributed by atoms with Crippen molar-refractivity contribution in [3.05, 3.63) is 41.9 Å². The number of aromatic amines is 1. The molecule has 2 N–H and O–H groups in total. The molecule has 2 aromatic heterocycles. The van der Waals surface area contributed by atoms with E-state index in [1.807, 2.05) is 12.1 Å². The maximum Gasteiger partial charge on any atom is 0.344 e. The van der Waals surface area contributed by atoms with Gasteiger partial charge in [0.1, 0.15) is 17.0 Å². The summed E-state index contributed by atoms with van der Waals surface area (Å²) in [7, 11) is 0. The molecule has 1 fully saturated rings. The van der Waals surface area contributed by atoms with Crippen molar-refractivity contribution in [1.29, 1.82) is 0 Å². The Labute approximate surface area is 139 Å². The van der Waals surface area contributed by atoms with Crippen molar-refractivity contribution in [3.8, 4) is 0 Å². The van der Waals surface area contributed by atoms with Gasteiger partial charge >= 0.3 is 5.97 Å². The highest BCUT2D eigenvalue weighted by molar-refractivity contribution is 6.01. The second-order valence-corrected chi connectivity index (χ2v) is 6.88. The Morgan fingerprint density at radius 2 is 2.12 bits per heavy atom. The number of aromatic nitrogens is 3. The molecule has 1 aliphatic carbocycles. The highest BCUT2D eigenvalue weighted by Crippen LogP contribution is 2.47. The lowest BCUT2D eigenvalue weighted by atomic mass is 10.1. The van der Waals surface area contributed by atoms with Crippen molar-refractivity contribution in [2.24, 2.45) is 5.92 Å². The van der Waals surface area contributed by atoms with Crippen LogP contribution in [0.25, 0.3) is 0 Å². The third-order valence-electron chi connectivity index (χ3n) is 3.75. The monoisotopic (exact) mass is 328 g/mol. The maximum absolute atomic E-state index is 12.4. The first kappa shape index (κ1) is 16.2. The van der Waals surface area contributed by atoms with Crippen LogP contribution in [0.2, 0.25) is 0 Å². The fourth-order valence-electron chi connectivity index (χ4n) is 2.53. The molecule has 7 nitrogen and oxygen atoms in total. The number of pyridine rings is 1. The predicted molar refractivity (Wildman–Crippen MR) is 87.5 cm³/mol. The Kier molecular flexibility index (Phi) is 4.09. The lowest BCUT2D eigenvalue weighted by molar-refractivity contribution is -0.117. The minimum atomic E-state index is -0.614. The van der Waals surface area contributed by atoms with Gasteiger partial charge in [-0.25, -0.2) is 4.79 Å². The molecular formula is C17H20N4O3. The molecule has 0 aromatic carbocycles. The Bertz CT molecular complexity index is 749. The maximum atomic E-state index is 12.4. The van der Waals surface area contributed by atoms with Gasteiger partial charge < -0.3 is 10.1 Å². The molecule has 2 heterocycles. The summed E-state index contributed by atoms with van der Waals surface area (Å²) in [5, 5.41) is 9.22. The predicted octanol–water partition coefficient (Wildman–Crippen LogP) is 2.50. The van der Waals surface area contributed by atoms with Crippen molar-refractivity contribution in [1.82, 2.24) is 15.2 Å². The smallest absolute Gasteiger partial charge is 0.344 e. The Morgan fingerprint density at radius 3 is 2.79 bits per heavy atom. The van der Waals surface area contributed by atoms with Gasteiger partial charge in [0.15, 0.2) is 0 Å². The number of hydrogen-bond donors (Lipinski definition) is 2. The fourth-order valence-corrected chi connectivity index (χ4v) is 2.53. The van der Waals surface area contributed by atoms with E-state index in [1.54, 1.807) is 33.2 Å². The number of carbonyl (C=O) groups excluding carboxylic acids is 2. The molecule has 7 heteroatoms. The van der Waals surface area contributed by atoms with E-state index in [4.69, 9.17) is 4.74 Å². The van der Waals surface area contributed by atoms with Gasteiger partial charge in [0.2, 0.25) is 5.91 Å². The lowest BCUT2D eigenvalue weighted by Crippen LogP contribution is -2.25. The molecular weight excluding hydrogens is 308 g/mol. The zero-order valence-electron chi connectivity index (χ0n) is 13.9. The summed E-state index contributed by atoms with van der Waals surface area (Å²) in [6.45, 7) is 5.35. The molecule has 3 rings (SSSR count). The molecule has 24 heavy (non-hydrogen) atoms. The number of hydrogen-bond acceptors (Lipinski definition) is 5. The Balaban J connectivity index is 1.65. The van der Waals surface area contributed by atoms with E-state index in [0.29, 0.717) is 0 Å². The summed E-state index contributed by atoms with van der Waals surface area (Å²) in [6.07, 6.45) is 5.61. The number of carbonyl (C=O) groups is 2. The first-order valence-electron chi connectivity index (χ1n) is 7.82. The van der Waals surface area contributed by atoms with E-state index in [9.17, 15) is 9.59 Å². The van der Waals surface area contributed by atoms with Gasteiger partial charge in [-0.15, -0.1) is 0 Å². The molecule has 0 bridgehead atoms. The molecule has 1 aliphatic rings. The number of amides is 1. The van der Waals surface area contributed by atoms with Crippen LogP contribution in [-0.4, -0.2) is 32.7 Å². The van der Waals surface area contributed by atoms with Gasteiger partial charge in [0.05, 0.1) is 6.20 Å². The average Bonchev–Trinajstić information content (AvgIpc) is 3.19. The van der Waals surface area contributed by atoms with Crippen molar-refractivity contribution in [3.63, 3.8) is 0 Å². The average molecular weight is 328 g/mol. The van der Waals surface area contributed by atoms with Crippen LogP contribution < -0.4 is 5.32 Å². The van der Waals surface area contributed by atoms with E-state index in [0.717, 1.165) is 12.0 Å². The van der Waals surface area contributed by atoms with Crippen molar-refractivity contribution in [2.45, 2.75) is 38.7 Å². The number of esters is 1. The zero-order chi connectivity index (χ0) is 17.3. The highest BCUT2D eigenvalue weighted by atomic mass is 16.6. The fraction of sp³-hybridized carbons (Fsp3) is 0.412. The molecule has 0 unspecified atom stereocenters. The second-order valence-electron chi connectivity index (χ2n) is 6.88. The van der Waals surface area contributed by atoms with Gasteiger partial charge in [-0.05, 0) is 44.7 Å². The van der Waals surface area contributed by atoms with E-state index in [2.05, 4.69) is 20.5 Å². The van der Waals surface area contributed by atoms with Crippen molar-refractivity contribution < 1.29 is 14.3 Å². The van der Waals surface area contributed by atoms with Crippen molar-refractivity contribution >= 4 is 17.7 Å². The molecule has 2 aromatic rings. The second kappa shape index (κ2) is 6.07. The van der Waals surface area contributed by atoms with E-state index in [-0.39, 0.29) is 29.1 Å². The van der Waals surface area contributed by atoms with Crippen LogP contribution in [0, 0.1) is 5.92 Å². The van der Waals surface area contributed by atoms with Crippen LogP contribution >= 0.6 is 0 Å². The number of rotatable bonds is 4. The number of ether oxygens (including phenoxy) is 1. The zero-order valence-corrected chi connectivity index (χ0v) is 13.9. The molecule has 126 valence electrons. The minimum Gasteiger partial charge on any atom is -0.456 e. The molecule has 1 amide bonds. The van der Waals surface area contributed by atoms with E-state index < -0.39 is 11.6 Å². The third-order valence-corrected chi connectivity index (χ3v) is 3.75. The normalized spacial score (nSPS) is 19.6. The van der Waals surface area contributed by atoms with Crippen LogP contribution in [-0.2, 0) is 9.53 Å². The van der Waals surface area contributed by atoms with Gasteiger partial charge in [0, 0.05) is 18.3 Å². The van der Waals surface area contributed by atoms with Crippen molar-refractivity contribution in [2.75, 3.05) is 5.32 Å². The third kappa shape index (κ3) is 3.61. The number of H-pyrrole nitrogens is 1. The highest BCUT2D eigenvalue weighted by Gasteiger charge is 2.44. The first-order valence-corrected chi connectivity index (χ1v) is 7.82. The minimum absolute atomic E-state index is 0.121. The topological polar surface area (TPSA) is 97.0 Å². The standard InChI is InChI=1S/C17H20N4O3/c1-17(2,3)24-16(23)13-9-19-21-14(13)20-15(22)12-7-11(12)10-5-4-6-18-8-10/h4-6,8-9,11-12H,7H2,1-3H3,(H2,19,20,21,22)/t11-,12+/m0/s1. The number of nitrogens with zero attached hydrogens (tertiary/aromatic N) is 2. The Morgan fingerprint density at radius 1 is 1.33 bits per heavy atom. The van der Waals surface area contributed by atoms with E-state index in [1.165, 1.54) is 6.20 Å². The first-order chi connectivity index (χ1) is 11.3. The molecule has 0 radical (unpaired) electrons. The number of anilines is 1. The van der Waals surface area contributed by atoms with Gasteiger partial charge in [-0.2, -0.15) is 5.10 Å². The largest absolute Gasteiger partial charge is 0.456 e. The molecule has 2 atom stereocenters. The van der Waals surface area contributed by atoms with Crippen LogP contribution in [0.1, 0.15) is 49.0 Å². The summed E-state index contributed by atoms with van der Waals surface area (Å²) >= 11 is 0. The van der Waals surface area contributed by atoms with Crippen LogP contribution in [0.5, 0.6) is 0 Å². The summed E-state index contributed by atoms with van der Waals surface area (Å²) in [6, 6.07) is 3.82. The van der Waals surface area contributed by atoms with Crippen LogP contribution in [0.3, 0.4) is 0 Å². The lowest BCUT2D eigenvalue weighted by Gasteiger charge is -2.19. The van der Waals surface area contributed by atoms with Gasteiger partial charge in [-0.1, -0.05) is 6.07 Å². The summed E-state index contributed by atoms with van der Waals surface area (Å²) in [5.74, 6) is -0.342. The van der Waals surface area contributed by atoms with Gasteiger partial charge in [-0.3, -0.25) is 14.9 Å². The molecule has 1 saturated carbocycles. The molecule has 0 aliphatic heterocycles. The summed E-state index contributed by atoms with van der Waals surface area (Å²) in [4.78, 5) is 28.6. The Hall–Kier alpha value is -2.70. The molecule has 0 spiro atoms. The SMILES string of the molecule is CC(C)(C)OC(=O)c1cn[nH]c1NC(=O)[C@@H]1C[C@H]1c1cccnc1. The van der Waals surface area contributed by atoms with Crippen LogP contribution in [0.4, 0.5) is 5.82 Å².